The van der Waals surface area contributed by atoms with Crippen molar-refractivity contribution in [1.29, 1.82) is 0 Å². The Hall–Kier alpha value is -2.34. The molecule has 0 aliphatic carbocycles. The van der Waals surface area contributed by atoms with Gasteiger partial charge in [-0.2, -0.15) is 0 Å². The lowest BCUT2D eigenvalue weighted by Crippen LogP contribution is -2.43. The molecule has 1 aliphatic rings. The van der Waals surface area contributed by atoms with Crippen molar-refractivity contribution < 1.29 is 9.59 Å². The van der Waals surface area contributed by atoms with Gasteiger partial charge in [0.05, 0.1) is 5.92 Å². The number of aryl methyl sites for hydroxylation is 1. The highest BCUT2D eigenvalue weighted by Crippen LogP contribution is 2.21. The van der Waals surface area contributed by atoms with Crippen LogP contribution < -0.4 is 5.32 Å². The Labute approximate surface area is 158 Å². The van der Waals surface area contributed by atoms with Gasteiger partial charge in [-0.25, -0.2) is 4.98 Å². The second-order valence-electron chi connectivity index (χ2n) is 6.53. The van der Waals surface area contributed by atoms with Crippen molar-refractivity contribution in [2.24, 2.45) is 5.92 Å². The number of hydrogen-bond acceptors (Lipinski definition) is 4. The quantitative estimate of drug-likeness (QED) is 0.837. The molecule has 26 heavy (non-hydrogen) atoms. The van der Waals surface area contributed by atoms with Crippen molar-refractivity contribution in [3.05, 3.63) is 53.7 Å². The summed E-state index contributed by atoms with van der Waals surface area (Å²) in [7, 11) is 0. The average molecular weight is 369 g/mol. The molecule has 136 valence electrons. The highest BCUT2D eigenvalue weighted by atomic mass is 32.2. The Morgan fingerprint density at radius 3 is 2.62 bits per heavy atom. The molecule has 0 spiro atoms. The fourth-order valence-corrected chi connectivity index (χ4v) is 3.47. The molecule has 2 aromatic rings. The minimum atomic E-state index is -0.207. The first-order valence-electron chi connectivity index (χ1n) is 8.73. The van der Waals surface area contributed by atoms with E-state index in [1.807, 2.05) is 43.5 Å². The predicted octanol–water partition coefficient (Wildman–Crippen LogP) is 3.60. The van der Waals surface area contributed by atoms with E-state index in [9.17, 15) is 9.59 Å². The standard InChI is InChI=1S/C20H23N3O2S/c1-14-5-10-18(21-12-14)22-19(24)16-4-3-11-23(13-16)20(25)15-6-8-17(26-2)9-7-15/h5-10,12,16H,3-4,11,13H2,1-2H3,(H,21,22,24). The van der Waals surface area contributed by atoms with Crippen LogP contribution in [0.5, 0.6) is 0 Å². The topological polar surface area (TPSA) is 62.3 Å². The second-order valence-corrected chi connectivity index (χ2v) is 7.41. The number of amides is 2. The van der Waals surface area contributed by atoms with Crippen LogP contribution in [0.1, 0.15) is 28.8 Å². The monoisotopic (exact) mass is 369 g/mol. The maximum Gasteiger partial charge on any atom is 0.253 e. The number of hydrogen-bond donors (Lipinski definition) is 1. The minimum Gasteiger partial charge on any atom is -0.338 e. The number of carbonyl (C=O) groups is 2. The first-order valence-corrected chi connectivity index (χ1v) is 9.96. The van der Waals surface area contributed by atoms with E-state index < -0.39 is 0 Å². The summed E-state index contributed by atoms with van der Waals surface area (Å²) < 4.78 is 0. The van der Waals surface area contributed by atoms with Gasteiger partial charge >= 0.3 is 0 Å². The predicted molar refractivity (Wildman–Crippen MR) is 104 cm³/mol. The molecule has 6 heteroatoms. The molecule has 3 rings (SSSR count). The minimum absolute atomic E-state index is 0.0105. The van der Waals surface area contributed by atoms with E-state index in [0.717, 1.165) is 23.3 Å². The van der Waals surface area contributed by atoms with Crippen molar-refractivity contribution in [1.82, 2.24) is 9.88 Å². The van der Waals surface area contributed by atoms with Gasteiger partial charge in [0.15, 0.2) is 0 Å². The Balaban J connectivity index is 1.63. The molecule has 0 bridgehead atoms. The lowest BCUT2D eigenvalue weighted by Gasteiger charge is -2.32. The normalized spacial score (nSPS) is 17.0. The Bertz CT molecular complexity index is 775. The van der Waals surface area contributed by atoms with Crippen LogP contribution in [0.4, 0.5) is 5.82 Å². The van der Waals surface area contributed by atoms with E-state index in [1.165, 1.54) is 0 Å². The summed E-state index contributed by atoms with van der Waals surface area (Å²) >= 11 is 1.65. The van der Waals surface area contributed by atoms with E-state index in [0.29, 0.717) is 24.5 Å². The first-order chi connectivity index (χ1) is 12.6. The van der Waals surface area contributed by atoms with E-state index in [4.69, 9.17) is 0 Å². The number of likely N-dealkylation sites (tertiary alicyclic amines) is 1. The molecule has 1 N–H and O–H groups in total. The number of carbonyl (C=O) groups excluding carboxylic acids is 2. The van der Waals surface area contributed by atoms with Gasteiger partial charge in [-0.1, -0.05) is 6.07 Å². The third kappa shape index (κ3) is 4.43. The zero-order chi connectivity index (χ0) is 18.5. The van der Waals surface area contributed by atoms with Crippen LogP contribution in [0, 0.1) is 12.8 Å². The summed E-state index contributed by atoms with van der Waals surface area (Å²) in [4.78, 5) is 32.4. The average Bonchev–Trinajstić information content (AvgIpc) is 2.69. The van der Waals surface area contributed by atoms with Crippen molar-refractivity contribution >= 4 is 29.4 Å². The molecule has 2 amide bonds. The Morgan fingerprint density at radius 1 is 1.19 bits per heavy atom. The Morgan fingerprint density at radius 2 is 1.96 bits per heavy atom. The second kappa shape index (κ2) is 8.36. The lowest BCUT2D eigenvalue weighted by molar-refractivity contribution is -0.121. The van der Waals surface area contributed by atoms with E-state index in [1.54, 1.807) is 28.9 Å². The molecule has 2 heterocycles. The van der Waals surface area contributed by atoms with E-state index >= 15 is 0 Å². The maximum absolute atomic E-state index is 12.7. The van der Waals surface area contributed by atoms with Gasteiger partial charge in [-0.3, -0.25) is 9.59 Å². The zero-order valence-corrected chi connectivity index (χ0v) is 15.9. The first kappa shape index (κ1) is 18.5. The van der Waals surface area contributed by atoms with Crippen LogP contribution in [-0.2, 0) is 4.79 Å². The number of piperidine rings is 1. The molecule has 5 nitrogen and oxygen atoms in total. The number of thioether (sulfide) groups is 1. The fourth-order valence-electron chi connectivity index (χ4n) is 3.06. The van der Waals surface area contributed by atoms with Crippen LogP contribution in [-0.4, -0.2) is 41.0 Å². The summed E-state index contributed by atoms with van der Waals surface area (Å²) in [5, 5.41) is 2.86. The van der Waals surface area contributed by atoms with Crippen LogP contribution in [0.25, 0.3) is 0 Å². The SMILES string of the molecule is CSc1ccc(C(=O)N2CCCC(C(=O)Nc3ccc(C)cn3)C2)cc1. The van der Waals surface area contributed by atoms with Crippen molar-refractivity contribution in [2.45, 2.75) is 24.7 Å². The number of rotatable bonds is 4. The molecule has 1 saturated heterocycles. The Kier molecular flexibility index (Phi) is 5.93. The number of aromatic nitrogens is 1. The molecule has 1 aromatic carbocycles. The van der Waals surface area contributed by atoms with Crippen molar-refractivity contribution in [3.63, 3.8) is 0 Å². The summed E-state index contributed by atoms with van der Waals surface area (Å²) in [6.07, 6.45) is 5.35. The zero-order valence-electron chi connectivity index (χ0n) is 15.1. The fraction of sp³-hybridized carbons (Fsp3) is 0.350. The molecule has 1 unspecified atom stereocenters. The molecular weight excluding hydrogens is 346 g/mol. The third-order valence-electron chi connectivity index (χ3n) is 4.58. The van der Waals surface area contributed by atoms with Gasteiger partial charge < -0.3 is 10.2 Å². The van der Waals surface area contributed by atoms with Gasteiger partial charge in [0, 0.05) is 29.7 Å². The number of benzene rings is 1. The van der Waals surface area contributed by atoms with Gasteiger partial charge in [0.1, 0.15) is 5.82 Å². The lowest BCUT2D eigenvalue weighted by atomic mass is 9.96. The largest absolute Gasteiger partial charge is 0.338 e. The van der Waals surface area contributed by atoms with Crippen LogP contribution in [0.15, 0.2) is 47.5 Å². The van der Waals surface area contributed by atoms with Gasteiger partial charge in [-0.05, 0) is 61.9 Å². The molecule has 1 aliphatic heterocycles. The maximum atomic E-state index is 12.7. The highest BCUT2D eigenvalue weighted by Gasteiger charge is 2.29. The molecular formula is C20H23N3O2S. The van der Waals surface area contributed by atoms with E-state index in [2.05, 4.69) is 10.3 Å². The van der Waals surface area contributed by atoms with Crippen molar-refractivity contribution in [3.8, 4) is 0 Å². The van der Waals surface area contributed by atoms with Crippen LogP contribution >= 0.6 is 11.8 Å². The molecule has 0 radical (unpaired) electrons. The summed E-state index contributed by atoms with van der Waals surface area (Å²) in [6.45, 7) is 3.09. The molecule has 0 saturated carbocycles. The third-order valence-corrected chi connectivity index (χ3v) is 5.32. The summed E-state index contributed by atoms with van der Waals surface area (Å²) in [6, 6.07) is 11.3. The van der Waals surface area contributed by atoms with E-state index in [-0.39, 0.29) is 17.7 Å². The van der Waals surface area contributed by atoms with Crippen molar-refractivity contribution in [2.75, 3.05) is 24.7 Å². The number of nitrogens with one attached hydrogen (secondary N) is 1. The summed E-state index contributed by atoms with van der Waals surface area (Å²) in [5.74, 6) is 0.262. The molecule has 1 atom stereocenters. The van der Waals surface area contributed by atoms with Crippen LogP contribution in [0.3, 0.4) is 0 Å². The number of pyridine rings is 1. The number of nitrogens with zero attached hydrogens (tertiary/aromatic N) is 2. The molecule has 1 aromatic heterocycles. The van der Waals surface area contributed by atoms with Gasteiger partial charge in [-0.15, -0.1) is 11.8 Å². The smallest absolute Gasteiger partial charge is 0.253 e. The van der Waals surface area contributed by atoms with Gasteiger partial charge in [0.2, 0.25) is 5.91 Å². The summed E-state index contributed by atoms with van der Waals surface area (Å²) in [5.41, 5.74) is 1.72. The molecule has 1 fully saturated rings. The number of anilines is 1. The van der Waals surface area contributed by atoms with Gasteiger partial charge in [0.25, 0.3) is 5.91 Å². The highest BCUT2D eigenvalue weighted by molar-refractivity contribution is 7.98. The van der Waals surface area contributed by atoms with Crippen LogP contribution in [0.2, 0.25) is 0 Å².